The molecule has 2 aromatic heterocycles. The van der Waals surface area contributed by atoms with Crippen LogP contribution in [0.4, 0.5) is 24.7 Å². The van der Waals surface area contributed by atoms with Crippen LogP contribution in [0.1, 0.15) is 17.7 Å². The average molecular weight is 320 g/mol. The molecular formula is C16H15F3N4. The normalized spacial score (nSPS) is 19.5. The Bertz CT molecular complexity index is 755. The Balaban J connectivity index is 1.91. The van der Waals surface area contributed by atoms with Gasteiger partial charge in [0.15, 0.2) is 5.82 Å². The standard InChI is InChI=1S/C16H15F3N4/c1-9-2-3-10(7-20-9)14-12(16(17,18)19)6-13-15(22-14)21-11-4-5-23(13)8-11/h2-3,6-7,11H,4-5,8H2,1H3,(H,21,22). The lowest BCUT2D eigenvalue weighted by atomic mass is 10.0. The summed E-state index contributed by atoms with van der Waals surface area (Å²) in [5, 5.41) is 3.25. The molecule has 2 bridgehead atoms. The number of alkyl halides is 3. The minimum atomic E-state index is -4.46. The third-order valence-electron chi connectivity index (χ3n) is 4.36. The summed E-state index contributed by atoms with van der Waals surface area (Å²) in [6, 6.07) is 4.79. The van der Waals surface area contributed by atoms with Gasteiger partial charge in [0.25, 0.3) is 0 Å². The van der Waals surface area contributed by atoms with Crippen molar-refractivity contribution in [1.82, 2.24) is 9.97 Å². The van der Waals surface area contributed by atoms with Crippen molar-refractivity contribution in [3.8, 4) is 11.3 Å². The molecule has 0 aliphatic carbocycles. The van der Waals surface area contributed by atoms with E-state index in [1.165, 1.54) is 12.3 Å². The predicted octanol–water partition coefficient (Wildman–Crippen LogP) is 3.48. The minimum absolute atomic E-state index is 0.0706. The van der Waals surface area contributed by atoms with Gasteiger partial charge >= 0.3 is 6.18 Å². The van der Waals surface area contributed by atoms with E-state index in [4.69, 9.17) is 0 Å². The SMILES string of the molecule is Cc1ccc(-c2nc3c(cc2C(F)(F)F)N2CCC(C2)N3)cn1. The Labute approximate surface area is 131 Å². The Morgan fingerprint density at radius 2 is 2.13 bits per heavy atom. The lowest BCUT2D eigenvalue weighted by Crippen LogP contribution is -2.33. The largest absolute Gasteiger partial charge is 0.418 e. The van der Waals surface area contributed by atoms with Crippen LogP contribution in [0.25, 0.3) is 11.3 Å². The summed E-state index contributed by atoms with van der Waals surface area (Å²) in [4.78, 5) is 10.4. The second-order valence-electron chi connectivity index (χ2n) is 6.01. The quantitative estimate of drug-likeness (QED) is 0.873. The van der Waals surface area contributed by atoms with Crippen molar-refractivity contribution in [2.45, 2.75) is 25.6 Å². The van der Waals surface area contributed by atoms with Gasteiger partial charge in [0.1, 0.15) is 0 Å². The molecule has 0 saturated carbocycles. The Kier molecular flexibility index (Phi) is 3.01. The average Bonchev–Trinajstić information content (AvgIpc) is 2.88. The maximum Gasteiger partial charge on any atom is 0.418 e. The number of anilines is 2. The first-order valence-electron chi connectivity index (χ1n) is 7.48. The van der Waals surface area contributed by atoms with E-state index in [2.05, 4.69) is 15.3 Å². The van der Waals surface area contributed by atoms with Crippen LogP contribution < -0.4 is 10.2 Å². The molecule has 1 fully saturated rings. The van der Waals surface area contributed by atoms with Crippen LogP contribution in [0.15, 0.2) is 24.4 Å². The molecule has 4 nitrogen and oxygen atoms in total. The fourth-order valence-electron chi connectivity index (χ4n) is 3.18. The Morgan fingerprint density at radius 3 is 2.83 bits per heavy atom. The van der Waals surface area contributed by atoms with Crippen molar-refractivity contribution >= 4 is 11.5 Å². The summed E-state index contributed by atoms with van der Waals surface area (Å²) in [7, 11) is 0. The van der Waals surface area contributed by atoms with Crippen molar-refractivity contribution < 1.29 is 13.2 Å². The first-order chi connectivity index (χ1) is 10.9. The maximum absolute atomic E-state index is 13.5. The van der Waals surface area contributed by atoms with Crippen molar-refractivity contribution in [3.63, 3.8) is 0 Å². The second kappa shape index (κ2) is 4.84. The van der Waals surface area contributed by atoms with Crippen LogP contribution in [-0.4, -0.2) is 29.1 Å². The number of aromatic nitrogens is 2. The third-order valence-corrected chi connectivity index (χ3v) is 4.36. The summed E-state index contributed by atoms with van der Waals surface area (Å²) in [6.07, 6.45) is -2.10. The molecular weight excluding hydrogens is 305 g/mol. The van der Waals surface area contributed by atoms with Crippen LogP contribution in [0.5, 0.6) is 0 Å². The van der Waals surface area contributed by atoms with E-state index in [0.717, 1.165) is 25.2 Å². The van der Waals surface area contributed by atoms with Gasteiger partial charge in [-0.2, -0.15) is 13.2 Å². The molecule has 1 N–H and O–H groups in total. The third kappa shape index (κ3) is 2.40. The van der Waals surface area contributed by atoms with Gasteiger partial charge < -0.3 is 10.2 Å². The number of hydrogen-bond acceptors (Lipinski definition) is 4. The zero-order chi connectivity index (χ0) is 16.2. The van der Waals surface area contributed by atoms with E-state index in [9.17, 15) is 13.2 Å². The van der Waals surface area contributed by atoms with Crippen LogP contribution in [0.3, 0.4) is 0 Å². The molecule has 1 unspecified atom stereocenters. The summed E-state index contributed by atoms with van der Waals surface area (Å²) >= 11 is 0. The van der Waals surface area contributed by atoms with E-state index in [0.29, 0.717) is 17.1 Å². The number of pyridine rings is 2. The van der Waals surface area contributed by atoms with Gasteiger partial charge in [-0.05, 0) is 31.5 Å². The number of aryl methyl sites for hydroxylation is 1. The molecule has 1 saturated heterocycles. The fourth-order valence-corrected chi connectivity index (χ4v) is 3.18. The number of nitrogens with one attached hydrogen (secondary N) is 1. The van der Waals surface area contributed by atoms with Crippen LogP contribution in [-0.2, 0) is 6.18 Å². The zero-order valence-electron chi connectivity index (χ0n) is 12.5. The molecule has 7 heteroatoms. The predicted molar refractivity (Wildman–Crippen MR) is 81.4 cm³/mol. The van der Waals surface area contributed by atoms with E-state index in [1.54, 1.807) is 19.1 Å². The Morgan fingerprint density at radius 1 is 1.30 bits per heavy atom. The van der Waals surface area contributed by atoms with Gasteiger partial charge in [-0.1, -0.05) is 0 Å². The molecule has 23 heavy (non-hydrogen) atoms. The minimum Gasteiger partial charge on any atom is -0.366 e. The number of hydrogen-bond donors (Lipinski definition) is 1. The van der Waals surface area contributed by atoms with Crippen molar-refractivity contribution in [3.05, 3.63) is 35.7 Å². The summed E-state index contributed by atoms with van der Waals surface area (Å²) in [6.45, 7) is 3.29. The molecule has 2 aliphatic rings. The monoisotopic (exact) mass is 320 g/mol. The molecule has 2 aliphatic heterocycles. The van der Waals surface area contributed by atoms with Gasteiger partial charge in [-0.25, -0.2) is 4.98 Å². The summed E-state index contributed by atoms with van der Waals surface area (Å²) in [5.74, 6) is 0.530. The number of rotatable bonds is 1. The molecule has 4 heterocycles. The molecule has 0 aromatic carbocycles. The molecule has 120 valence electrons. The fraction of sp³-hybridized carbons (Fsp3) is 0.375. The van der Waals surface area contributed by atoms with Crippen molar-refractivity contribution in [1.29, 1.82) is 0 Å². The first kappa shape index (κ1) is 14.3. The number of nitrogens with zero attached hydrogens (tertiary/aromatic N) is 3. The summed E-state index contributed by atoms with van der Waals surface area (Å²) in [5.41, 5.74) is 0.880. The first-order valence-corrected chi connectivity index (χ1v) is 7.48. The Hall–Kier alpha value is -2.31. The van der Waals surface area contributed by atoms with E-state index < -0.39 is 11.7 Å². The molecule has 2 aromatic rings. The smallest absolute Gasteiger partial charge is 0.366 e. The number of halogens is 3. The van der Waals surface area contributed by atoms with Crippen LogP contribution >= 0.6 is 0 Å². The zero-order valence-corrected chi connectivity index (χ0v) is 12.5. The van der Waals surface area contributed by atoms with Gasteiger partial charge in [-0.15, -0.1) is 0 Å². The van der Waals surface area contributed by atoms with Gasteiger partial charge in [0, 0.05) is 36.6 Å². The highest BCUT2D eigenvalue weighted by Gasteiger charge is 2.39. The highest BCUT2D eigenvalue weighted by Crippen LogP contribution is 2.43. The number of fused-ring (bicyclic) bond motifs is 4. The molecule has 0 amide bonds. The maximum atomic E-state index is 13.5. The highest BCUT2D eigenvalue weighted by molar-refractivity contribution is 5.77. The van der Waals surface area contributed by atoms with E-state index >= 15 is 0 Å². The second-order valence-corrected chi connectivity index (χ2v) is 6.01. The van der Waals surface area contributed by atoms with Crippen LogP contribution in [0, 0.1) is 6.92 Å². The van der Waals surface area contributed by atoms with Crippen molar-refractivity contribution in [2.75, 3.05) is 23.3 Å². The summed E-state index contributed by atoms with van der Waals surface area (Å²) < 4.78 is 40.6. The lowest BCUT2D eigenvalue weighted by molar-refractivity contribution is -0.137. The van der Waals surface area contributed by atoms with Crippen LogP contribution in [0.2, 0.25) is 0 Å². The molecule has 0 spiro atoms. The molecule has 0 radical (unpaired) electrons. The molecule has 1 atom stereocenters. The topological polar surface area (TPSA) is 41.1 Å². The van der Waals surface area contributed by atoms with Gasteiger partial charge in [0.2, 0.25) is 0 Å². The van der Waals surface area contributed by atoms with Gasteiger partial charge in [0.05, 0.1) is 16.9 Å². The van der Waals surface area contributed by atoms with Crippen molar-refractivity contribution in [2.24, 2.45) is 0 Å². The van der Waals surface area contributed by atoms with Gasteiger partial charge in [-0.3, -0.25) is 4.98 Å². The van der Waals surface area contributed by atoms with E-state index in [1.807, 2.05) is 4.90 Å². The van der Waals surface area contributed by atoms with E-state index in [-0.39, 0.29) is 11.7 Å². The lowest BCUT2D eigenvalue weighted by Gasteiger charge is -2.29. The highest BCUT2D eigenvalue weighted by atomic mass is 19.4. The molecule has 4 rings (SSSR count).